The van der Waals surface area contributed by atoms with Crippen molar-refractivity contribution in [1.82, 2.24) is 14.5 Å². The number of amides is 1. The molecule has 1 N–H and O–H groups in total. The van der Waals surface area contributed by atoms with Crippen LogP contribution in [-0.2, 0) is 17.8 Å². The molecule has 4 rings (SSSR count). The Morgan fingerprint density at radius 3 is 2.86 bits per heavy atom. The summed E-state index contributed by atoms with van der Waals surface area (Å²) in [5.41, 5.74) is 4.10. The lowest BCUT2D eigenvalue weighted by molar-refractivity contribution is -0.119. The van der Waals surface area contributed by atoms with Crippen LogP contribution in [0.3, 0.4) is 0 Å². The van der Waals surface area contributed by atoms with Crippen LogP contribution in [0.5, 0.6) is 0 Å². The molecule has 2 aromatic heterocycles. The van der Waals surface area contributed by atoms with E-state index in [2.05, 4.69) is 15.3 Å². The molecule has 1 aliphatic rings. The van der Waals surface area contributed by atoms with Gasteiger partial charge < -0.3 is 5.32 Å². The molecule has 150 valence electrons. The quantitative estimate of drug-likeness (QED) is 0.640. The average molecular weight is 427 g/mol. The molecule has 1 atom stereocenters. The van der Waals surface area contributed by atoms with Gasteiger partial charge in [-0.1, -0.05) is 30.8 Å². The first kappa shape index (κ1) is 19.8. The average Bonchev–Trinajstić information content (AvgIpc) is 3.15. The molecule has 0 unspecified atom stereocenters. The topological polar surface area (TPSA) is 76.9 Å². The largest absolute Gasteiger partial charge is 0.326 e. The monoisotopic (exact) mass is 426 g/mol. The molecular formula is C21H22N4O2S2. The third kappa shape index (κ3) is 4.00. The molecule has 29 heavy (non-hydrogen) atoms. The molecule has 6 nitrogen and oxygen atoms in total. The zero-order valence-electron chi connectivity index (χ0n) is 16.6. The summed E-state index contributed by atoms with van der Waals surface area (Å²) in [5, 5.41) is 6.73. The van der Waals surface area contributed by atoms with Gasteiger partial charge in [-0.15, -0.1) is 11.3 Å². The predicted octanol–water partition coefficient (Wildman–Crippen LogP) is 3.91. The van der Waals surface area contributed by atoms with Crippen molar-refractivity contribution >= 4 is 34.7 Å². The number of fused-ring (bicyclic) bond motifs is 1. The SMILES string of the molecule is CCc1c(C)nc2n(c1=O)C[C@@H](C(=O)Nc1cccc(-c3csc(C)n3)c1)CS2. The fraction of sp³-hybridized carbons (Fsp3) is 0.333. The standard InChI is InChI=1S/C21H22N4O2S2/c1-4-17-12(2)22-21-25(20(17)27)9-15(10-29-21)19(26)24-16-7-5-6-14(8-16)18-11-28-13(3)23-18/h5-8,11,15H,4,9-10H2,1-3H3,(H,24,26)/t15-/m1/s1. The predicted molar refractivity (Wildman–Crippen MR) is 118 cm³/mol. The summed E-state index contributed by atoms with van der Waals surface area (Å²) in [7, 11) is 0. The molecular weight excluding hydrogens is 404 g/mol. The van der Waals surface area contributed by atoms with Crippen molar-refractivity contribution in [2.75, 3.05) is 11.1 Å². The summed E-state index contributed by atoms with van der Waals surface area (Å²) in [5.74, 6) is 0.235. The number of hydrogen-bond donors (Lipinski definition) is 1. The van der Waals surface area contributed by atoms with Crippen molar-refractivity contribution in [3.05, 3.63) is 56.3 Å². The van der Waals surface area contributed by atoms with E-state index in [9.17, 15) is 9.59 Å². The molecule has 1 aromatic carbocycles. The van der Waals surface area contributed by atoms with Gasteiger partial charge in [0.15, 0.2) is 5.16 Å². The Morgan fingerprint density at radius 1 is 1.31 bits per heavy atom. The fourth-order valence-corrected chi connectivity index (χ4v) is 5.20. The normalized spacial score (nSPS) is 15.8. The molecule has 0 saturated carbocycles. The summed E-state index contributed by atoms with van der Waals surface area (Å²) in [6, 6.07) is 7.70. The number of aromatic nitrogens is 3. The number of carbonyl (C=O) groups excluding carboxylic acids is 1. The van der Waals surface area contributed by atoms with Gasteiger partial charge in [0.2, 0.25) is 5.91 Å². The third-order valence-electron chi connectivity index (χ3n) is 5.02. The molecule has 0 radical (unpaired) electrons. The number of benzene rings is 1. The van der Waals surface area contributed by atoms with Crippen LogP contribution in [0.4, 0.5) is 5.69 Å². The van der Waals surface area contributed by atoms with Crippen molar-refractivity contribution in [2.24, 2.45) is 5.92 Å². The van der Waals surface area contributed by atoms with Gasteiger partial charge in [0.25, 0.3) is 5.56 Å². The van der Waals surface area contributed by atoms with Crippen molar-refractivity contribution in [1.29, 1.82) is 0 Å². The molecule has 1 aliphatic heterocycles. The van der Waals surface area contributed by atoms with Crippen molar-refractivity contribution in [2.45, 2.75) is 38.9 Å². The van der Waals surface area contributed by atoms with Crippen LogP contribution in [0.15, 0.2) is 39.6 Å². The Balaban J connectivity index is 1.53. The Bertz CT molecular complexity index is 1140. The zero-order valence-corrected chi connectivity index (χ0v) is 18.2. The van der Waals surface area contributed by atoms with Crippen LogP contribution in [0.25, 0.3) is 11.3 Å². The highest BCUT2D eigenvalue weighted by Gasteiger charge is 2.28. The first-order chi connectivity index (χ1) is 14.0. The first-order valence-electron chi connectivity index (χ1n) is 9.52. The summed E-state index contributed by atoms with van der Waals surface area (Å²) >= 11 is 3.07. The van der Waals surface area contributed by atoms with Crippen molar-refractivity contribution < 1.29 is 4.79 Å². The smallest absolute Gasteiger partial charge is 0.257 e. The number of hydrogen-bond acceptors (Lipinski definition) is 6. The second kappa shape index (κ2) is 8.12. The number of thioether (sulfide) groups is 1. The number of anilines is 1. The Morgan fingerprint density at radius 2 is 2.14 bits per heavy atom. The second-order valence-electron chi connectivity index (χ2n) is 7.06. The summed E-state index contributed by atoms with van der Waals surface area (Å²) in [6.45, 7) is 6.16. The minimum absolute atomic E-state index is 0.0269. The number of carbonyl (C=O) groups is 1. The molecule has 0 spiro atoms. The molecule has 0 saturated heterocycles. The Kier molecular flexibility index (Phi) is 5.56. The highest BCUT2D eigenvalue weighted by atomic mass is 32.2. The summed E-state index contributed by atoms with van der Waals surface area (Å²) in [4.78, 5) is 34.7. The minimum atomic E-state index is -0.287. The van der Waals surface area contributed by atoms with Crippen LogP contribution in [-0.4, -0.2) is 26.2 Å². The lowest BCUT2D eigenvalue weighted by atomic mass is 10.1. The molecule has 8 heteroatoms. The van der Waals surface area contributed by atoms with Gasteiger partial charge in [0, 0.05) is 40.2 Å². The maximum absolute atomic E-state index is 12.9. The maximum Gasteiger partial charge on any atom is 0.257 e. The summed E-state index contributed by atoms with van der Waals surface area (Å²) in [6.07, 6.45) is 0.641. The maximum atomic E-state index is 12.9. The zero-order chi connectivity index (χ0) is 20.5. The highest BCUT2D eigenvalue weighted by molar-refractivity contribution is 7.99. The van der Waals surface area contributed by atoms with Crippen LogP contribution in [0.2, 0.25) is 0 Å². The van der Waals surface area contributed by atoms with E-state index in [-0.39, 0.29) is 17.4 Å². The van der Waals surface area contributed by atoms with E-state index in [0.717, 1.165) is 33.2 Å². The third-order valence-corrected chi connectivity index (χ3v) is 6.93. The lowest BCUT2D eigenvalue weighted by Crippen LogP contribution is -2.38. The van der Waals surface area contributed by atoms with Crippen LogP contribution < -0.4 is 10.9 Å². The van der Waals surface area contributed by atoms with E-state index in [1.54, 1.807) is 15.9 Å². The molecule has 0 bridgehead atoms. The van der Waals surface area contributed by atoms with E-state index >= 15 is 0 Å². The molecule has 3 aromatic rings. The number of thiazole rings is 1. The molecule has 3 heterocycles. The number of nitrogens with one attached hydrogen (secondary N) is 1. The van der Waals surface area contributed by atoms with E-state index in [1.165, 1.54) is 11.8 Å². The minimum Gasteiger partial charge on any atom is -0.326 e. The van der Waals surface area contributed by atoms with Gasteiger partial charge in [-0.2, -0.15) is 0 Å². The number of nitrogens with zero attached hydrogens (tertiary/aromatic N) is 3. The molecule has 0 aliphatic carbocycles. The second-order valence-corrected chi connectivity index (χ2v) is 9.11. The van der Waals surface area contributed by atoms with E-state index in [1.807, 2.05) is 50.4 Å². The van der Waals surface area contributed by atoms with Gasteiger partial charge in [-0.3, -0.25) is 14.2 Å². The lowest BCUT2D eigenvalue weighted by Gasteiger charge is -2.25. The molecule has 0 fully saturated rings. The van der Waals surface area contributed by atoms with E-state index in [0.29, 0.717) is 23.9 Å². The van der Waals surface area contributed by atoms with Crippen molar-refractivity contribution in [3.63, 3.8) is 0 Å². The Hall–Kier alpha value is -2.45. The van der Waals surface area contributed by atoms with Gasteiger partial charge >= 0.3 is 0 Å². The van der Waals surface area contributed by atoms with Gasteiger partial charge in [0.1, 0.15) is 0 Å². The van der Waals surface area contributed by atoms with Crippen LogP contribution in [0.1, 0.15) is 23.2 Å². The van der Waals surface area contributed by atoms with Crippen molar-refractivity contribution in [3.8, 4) is 11.3 Å². The highest BCUT2D eigenvalue weighted by Crippen LogP contribution is 2.28. The van der Waals surface area contributed by atoms with Gasteiger partial charge in [-0.05, 0) is 32.4 Å². The number of aryl methyl sites for hydroxylation is 2. The number of rotatable bonds is 4. The fourth-order valence-electron chi connectivity index (χ4n) is 3.46. The van der Waals surface area contributed by atoms with E-state index < -0.39 is 0 Å². The van der Waals surface area contributed by atoms with E-state index in [4.69, 9.17) is 0 Å². The first-order valence-corrected chi connectivity index (χ1v) is 11.4. The van der Waals surface area contributed by atoms with Crippen LogP contribution >= 0.6 is 23.1 Å². The van der Waals surface area contributed by atoms with Gasteiger partial charge in [0.05, 0.1) is 16.6 Å². The Labute approximate surface area is 177 Å². The van der Waals surface area contributed by atoms with Crippen LogP contribution in [0, 0.1) is 19.8 Å². The molecule has 1 amide bonds. The van der Waals surface area contributed by atoms with Gasteiger partial charge in [-0.25, -0.2) is 9.97 Å². The summed E-state index contributed by atoms with van der Waals surface area (Å²) < 4.78 is 1.65.